The Bertz CT molecular complexity index is 327. The number of hydrogen-bond donors (Lipinski definition) is 0. The molecule has 0 aromatic rings. The summed E-state index contributed by atoms with van der Waals surface area (Å²) in [6.45, 7) is 32.8. The topological polar surface area (TPSA) is 9.23 Å². The molecule has 0 amide bonds. The maximum atomic E-state index is 5.78. The zero-order valence-electron chi connectivity index (χ0n) is 20.4. The van der Waals surface area contributed by atoms with Crippen LogP contribution >= 0.6 is 0 Å². The molecule has 0 aromatic heterocycles. The molecule has 0 heterocycles. The summed E-state index contributed by atoms with van der Waals surface area (Å²) in [5, 5.41) is 0. The fourth-order valence-electron chi connectivity index (χ4n) is 3.17. The van der Waals surface area contributed by atoms with Gasteiger partial charge in [-0.25, -0.2) is 0 Å². The fraction of sp³-hybridized carbons (Fsp3) is 1.00. The van der Waals surface area contributed by atoms with Crippen molar-refractivity contribution in [3.63, 3.8) is 0 Å². The third-order valence-corrected chi connectivity index (χ3v) is 4.71. The van der Waals surface area contributed by atoms with Gasteiger partial charge in [-0.2, -0.15) is 0 Å². The number of hydrogen-bond acceptors (Lipinski definition) is 1. The Balaban J connectivity index is 0. The maximum absolute atomic E-state index is 5.78. The molecule has 0 spiro atoms. The fourth-order valence-corrected chi connectivity index (χ4v) is 3.17. The van der Waals surface area contributed by atoms with Crippen LogP contribution in [0.1, 0.15) is 116 Å². The van der Waals surface area contributed by atoms with Crippen LogP contribution in [0.3, 0.4) is 0 Å². The van der Waals surface area contributed by atoms with E-state index in [-0.39, 0.29) is 5.41 Å². The SMILES string of the molecule is CCC(CC(C)(C)C)C(C)(C)C.CCOC(CC(C)(C)C)C(C)(C)C. The van der Waals surface area contributed by atoms with E-state index < -0.39 is 0 Å². The van der Waals surface area contributed by atoms with Gasteiger partial charge in [-0.15, -0.1) is 0 Å². The second-order valence-electron chi connectivity index (χ2n) is 12.3. The molecule has 0 aromatic carbocycles. The van der Waals surface area contributed by atoms with E-state index in [4.69, 9.17) is 4.74 Å². The monoisotopic (exact) mass is 356 g/mol. The van der Waals surface area contributed by atoms with E-state index in [1.807, 2.05) is 0 Å². The van der Waals surface area contributed by atoms with Crippen molar-refractivity contribution in [2.75, 3.05) is 6.61 Å². The molecule has 154 valence electrons. The first-order valence-corrected chi connectivity index (χ1v) is 10.4. The molecule has 0 saturated carbocycles. The lowest BCUT2D eigenvalue weighted by Gasteiger charge is -2.35. The molecular weight excluding hydrogens is 304 g/mol. The zero-order chi connectivity index (χ0) is 20.7. The summed E-state index contributed by atoms with van der Waals surface area (Å²) in [4.78, 5) is 0. The van der Waals surface area contributed by atoms with Gasteiger partial charge in [0.25, 0.3) is 0 Å². The lowest BCUT2D eigenvalue weighted by molar-refractivity contribution is -0.0347. The Morgan fingerprint density at radius 2 is 1.00 bits per heavy atom. The summed E-state index contributed by atoms with van der Waals surface area (Å²) < 4.78 is 5.78. The molecule has 25 heavy (non-hydrogen) atoms. The minimum atomic E-state index is 0.253. The predicted octanol–water partition coefficient (Wildman–Crippen LogP) is 8.37. The van der Waals surface area contributed by atoms with E-state index in [1.165, 1.54) is 12.8 Å². The minimum absolute atomic E-state index is 0.253. The van der Waals surface area contributed by atoms with E-state index in [1.54, 1.807) is 0 Å². The first-order valence-electron chi connectivity index (χ1n) is 10.4. The maximum Gasteiger partial charge on any atom is 0.0628 e. The molecule has 0 aliphatic rings. The van der Waals surface area contributed by atoms with Crippen molar-refractivity contribution in [3.8, 4) is 0 Å². The van der Waals surface area contributed by atoms with Crippen LogP contribution in [0.25, 0.3) is 0 Å². The minimum Gasteiger partial charge on any atom is -0.378 e. The van der Waals surface area contributed by atoms with Gasteiger partial charge in [0.05, 0.1) is 6.10 Å². The largest absolute Gasteiger partial charge is 0.378 e. The summed E-state index contributed by atoms with van der Waals surface area (Å²) in [5.74, 6) is 0.859. The summed E-state index contributed by atoms with van der Waals surface area (Å²) in [6, 6.07) is 0. The molecule has 0 radical (unpaired) electrons. The lowest BCUT2D eigenvalue weighted by Crippen LogP contribution is -2.33. The van der Waals surface area contributed by atoms with Crippen molar-refractivity contribution in [3.05, 3.63) is 0 Å². The molecule has 0 fully saturated rings. The predicted molar refractivity (Wildman–Crippen MR) is 116 cm³/mol. The van der Waals surface area contributed by atoms with Gasteiger partial charge in [0.15, 0.2) is 0 Å². The van der Waals surface area contributed by atoms with Gasteiger partial charge in [-0.3, -0.25) is 0 Å². The van der Waals surface area contributed by atoms with E-state index in [2.05, 4.69) is 96.9 Å². The van der Waals surface area contributed by atoms with Gasteiger partial charge >= 0.3 is 0 Å². The molecule has 2 atom stereocenters. The molecule has 2 unspecified atom stereocenters. The van der Waals surface area contributed by atoms with Gasteiger partial charge in [0.2, 0.25) is 0 Å². The summed E-state index contributed by atoms with van der Waals surface area (Å²) in [7, 11) is 0. The van der Waals surface area contributed by atoms with Gasteiger partial charge in [-0.1, -0.05) is 96.4 Å². The Hall–Kier alpha value is -0.0400. The molecule has 1 nitrogen and oxygen atoms in total. The van der Waals surface area contributed by atoms with Gasteiger partial charge in [0.1, 0.15) is 0 Å². The molecule has 0 bridgehead atoms. The van der Waals surface area contributed by atoms with E-state index in [0.717, 1.165) is 18.9 Å². The summed E-state index contributed by atoms with van der Waals surface area (Å²) >= 11 is 0. The van der Waals surface area contributed by atoms with Crippen molar-refractivity contribution in [2.45, 2.75) is 122 Å². The van der Waals surface area contributed by atoms with E-state index in [9.17, 15) is 0 Å². The molecule has 0 rings (SSSR count). The number of ether oxygens (including phenoxy) is 1. The first kappa shape index (κ1) is 27.2. The molecule has 0 saturated heterocycles. The van der Waals surface area contributed by atoms with Crippen LogP contribution < -0.4 is 0 Å². The van der Waals surface area contributed by atoms with Crippen molar-refractivity contribution in [2.24, 2.45) is 27.6 Å². The molecular formula is C24H52O. The normalized spacial score (nSPS) is 16.1. The van der Waals surface area contributed by atoms with E-state index >= 15 is 0 Å². The number of rotatable bonds is 5. The van der Waals surface area contributed by atoms with Crippen LogP contribution in [0, 0.1) is 27.6 Å². The highest BCUT2D eigenvalue weighted by molar-refractivity contribution is 4.79. The van der Waals surface area contributed by atoms with Gasteiger partial charge < -0.3 is 4.74 Å². The lowest BCUT2D eigenvalue weighted by atomic mass is 9.71. The van der Waals surface area contributed by atoms with Crippen LogP contribution in [0.5, 0.6) is 0 Å². The first-order chi connectivity index (χ1) is 10.8. The Morgan fingerprint density at radius 3 is 1.16 bits per heavy atom. The highest BCUT2D eigenvalue weighted by Crippen LogP contribution is 2.37. The van der Waals surface area contributed by atoms with Crippen LogP contribution in [-0.4, -0.2) is 12.7 Å². The average molecular weight is 357 g/mol. The quantitative estimate of drug-likeness (QED) is 0.480. The van der Waals surface area contributed by atoms with Crippen LogP contribution in [0.4, 0.5) is 0 Å². The van der Waals surface area contributed by atoms with E-state index in [0.29, 0.717) is 22.3 Å². The van der Waals surface area contributed by atoms with Gasteiger partial charge in [0, 0.05) is 6.61 Å². The zero-order valence-corrected chi connectivity index (χ0v) is 20.4. The highest BCUT2D eigenvalue weighted by atomic mass is 16.5. The van der Waals surface area contributed by atoms with Crippen molar-refractivity contribution in [1.82, 2.24) is 0 Å². The third-order valence-electron chi connectivity index (χ3n) is 4.71. The average Bonchev–Trinajstić information content (AvgIpc) is 2.31. The smallest absolute Gasteiger partial charge is 0.0628 e. The molecule has 0 aliphatic heterocycles. The molecule has 0 N–H and O–H groups in total. The molecule has 1 heteroatoms. The van der Waals surface area contributed by atoms with Crippen molar-refractivity contribution >= 4 is 0 Å². The van der Waals surface area contributed by atoms with Crippen molar-refractivity contribution in [1.29, 1.82) is 0 Å². The molecule has 0 aliphatic carbocycles. The second kappa shape index (κ2) is 10.3. The Morgan fingerprint density at radius 1 is 0.600 bits per heavy atom. The highest BCUT2D eigenvalue weighted by Gasteiger charge is 2.29. The standard InChI is InChI=1S/C12H26O.C12H26/c1-8-13-10(12(5,6)7)9-11(2,3)4;1-8-10(12(5,6)7)9-11(2,3)4/h10H,8-9H2,1-7H3;10H,8-9H2,1-7H3. The van der Waals surface area contributed by atoms with Crippen LogP contribution in [0.15, 0.2) is 0 Å². The van der Waals surface area contributed by atoms with Crippen LogP contribution in [0.2, 0.25) is 0 Å². The summed E-state index contributed by atoms with van der Waals surface area (Å²) in [6.07, 6.45) is 4.15. The Labute approximate surface area is 161 Å². The Kier molecular flexibility index (Phi) is 11.2. The summed E-state index contributed by atoms with van der Waals surface area (Å²) in [5.41, 5.74) is 1.56. The van der Waals surface area contributed by atoms with Crippen LogP contribution in [-0.2, 0) is 4.74 Å². The second-order valence-corrected chi connectivity index (χ2v) is 12.3. The third kappa shape index (κ3) is 15.9. The van der Waals surface area contributed by atoms with Crippen molar-refractivity contribution < 1.29 is 4.74 Å². The van der Waals surface area contributed by atoms with Gasteiger partial charge in [-0.05, 0) is 47.3 Å².